The summed E-state index contributed by atoms with van der Waals surface area (Å²) in [5.41, 5.74) is 2.41. The van der Waals surface area contributed by atoms with Crippen molar-refractivity contribution in [1.29, 1.82) is 0 Å². The van der Waals surface area contributed by atoms with Gasteiger partial charge in [-0.15, -0.1) is 10.2 Å². The van der Waals surface area contributed by atoms with E-state index in [1.165, 1.54) is 11.8 Å². The predicted octanol–water partition coefficient (Wildman–Crippen LogP) is 1.98. The van der Waals surface area contributed by atoms with Crippen LogP contribution in [0.3, 0.4) is 0 Å². The molecule has 9 nitrogen and oxygen atoms in total. The van der Waals surface area contributed by atoms with Crippen molar-refractivity contribution in [3.05, 3.63) is 18.1 Å². The molecule has 1 fully saturated rings. The summed E-state index contributed by atoms with van der Waals surface area (Å²) >= 11 is 1.49. The van der Waals surface area contributed by atoms with Crippen molar-refractivity contribution in [1.82, 2.24) is 34.3 Å². The molecule has 0 spiro atoms. The maximum absolute atomic E-state index is 5.47. The van der Waals surface area contributed by atoms with E-state index in [2.05, 4.69) is 37.4 Å². The smallest absolute Gasteiger partial charge is 0.256 e. The highest BCUT2D eigenvalue weighted by atomic mass is 32.2. The minimum Gasteiger partial charge on any atom is -0.478 e. The van der Waals surface area contributed by atoms with Gasteiger partial charge in [-0.05, 0) is 33.2 Å². The van der Waals surface area contributed by atoms with Crippen LogP contribution in [0, 0.1) is 6.92 Å². The average molecular weight is 374 g/mol. The van der Waals surface area contributed by atoms with Crippen molar-refractivity contribution in [2.24, 2.45) is 0 Å². The molecule has 4 rings (SSSR count). The second kappa shape index (κ2) is 6.76. The lowest BCUT2D eigenvalue weighted by Crippen LogP contribution is -2.16. The number of fused-ring (bicyclic) bond motifs is 1. The van der Waals surface area contributed by atoms with E-state index in [1.54, 1.807) is 17.8 Å². The zero-order chi connectivity index (χ0) is 18.3. The number of ether oxygens (including phenoxy) is 1. The van der Waals surface area contributed by atoms with Gasteiger partial charge in [0.15, 0.2) is 11.5 Å². The Hall–Kier alpha value is -2.33. The summed E-state index contributed by atoms with van der Waals surface area (Å²) in [6.45, 7) is 4.03. The number of thioether (sulfide) groups is 1. The van der Waals surface area contributed by atoms with Gasteiger partial charge in [-0.25, -0.2) is 9.50 Å². The molecular weight excluding hydrogens is 352 g/mol. The molecule has 1 aliphatic heterocycles. The van der Waals surface area contributed by atoms with Gasteiger partial charge in [0.05, 0.1) is 31.2 Å². The number of likely N-dealkylation sites (tertiary alicyclic amines) is 1. The Morgan fingerprint density at radius 1 is 1.35 bits per heavy atom. The monoisotopic (exact) mass is 374 g/mol. The van der Waals surface area contributed by atoms with Crippen LogP contribution in [0.2, 0.25) is 0 Å². The maximum Gasteiger partial charge on any atom is 0.256 e. The van der Waals surface area contributed by atoms with Crippen LogP contribution < -0.4 is 10.1 Å². The van der Waals surface area contributed by atoms with Crippen LogP contribution in [0.1, 0.15) is 18.2 Å². The van der Waals surface area contributed by atoms with Crippen molar-refractivity contribution in [3.63, 3.8) is 0 Å². The maximum atomic E-state index is 5.47. The molecule has 1 saturated heterocycles. The standard InChI is InChI=1S/C16H22N8OS/c1-10-7-17-14-13(19-16(26-4)21-24(10)14)18-12-9-23(20-15(12)25-3)11-5-6-22(2)8-11/h7,9,11H,5-6,8H2,1-4H3,(H,18,19,21)/t11-/m0/s1. The van der Waals surface area contributed by atoms with E-state index in [-0.39, 0.29) is 0 Å². The van der Waals surface area contributed by atoms with Crippen molar-refractivity contribution < 1.29 is 4.74 Å². The van der Waals surface area contributed by atoms with Crippen LogP contribution in [0.4, 0.5) is 11.5 Å². The lowest BCUT2D eigenvalue weighted by Gasteiger charge is -2.10. The number of imidazole rings is 1. The molecule has 3 aromatic rings. The average Bonchev–Trinajstić information content (AvgIpc) is 3.34. The zero-order valence-electron chi connectivity index (χ0n) is 15.3. The van der Waals surface area contributed by atoms with Gasteiger partial charge in [0, 0.05) is 6.54 Å². The normalized spacial score (nSPS) is 17.9. The molecular formula is C16H22N8OS. The highest BCUT2D eigenvalue weighted by molar-refractivity contribution is 7.98. The van der Waals surface area contributed by atoms with Crippen LogP contribution in [0.15, 0.2) is 17.6 Å². The lowest BCUT2D eigenvalue weighted by molar-refractivity contribution is 0.362. The number of rotatable bonds is 5. The van der Waals surface area contributed by atoms with Gasteiger partial charge in [-0.3, -0.25) is 4.68 Å². The Balaban J connectivity index is 1.71. The van der Waals surface area contributed by atoms with Crippen LogP contribution in [-0.4, -0.2) is 67.8 Å². The number of nitrogens with zero attached hydrogens (tertiary/aromatic N) is 7. The first-order valence-corrected chi connectivity index (χ1v) is 9.66. The summed E-state index contributed by atoms with van der Waals surface area (Å²) in [7, 11) is 3.75. The summed E-state index contributed by atoms with van der Waals surface area (Å²) < 4.78 is 9.25. The number of aromatic nitrogens is 6. The van der Waals surface area contributed by atoms with E-state index in [0.29, 0.717) is 28.5 Å². The summed E-state index contributed by atoms with van der Waals surface area (Å²) in [6, 6.07) is 0.352. The largest absolute Gasteiger partial charge is 0.478 e. The van der Waals surface area contributed by atoms with E-state index >= 15 is 0 Å². The quantitative estimate of drug-likeness (QED) is 0.679. The lowest BCUT2D eigenvalue weighted by atomic mass is 10.3. The fourth-order valence-corrected chi connectivity index (χ4v) is 3.54. The molecule has 1 atom stereocenters. The molecule has 138 valence electrons. The van der Waals surface area contributed by atoms with Crippen LogP contribution in [-0.2, 0) is 0 Å². The topological polar surface area (TPSA) is 85.4 Å². The highest BCUT2D eigenvalue weighted by Gasteiger charge is 2.24. The molecule has 0 amide bonds. The van der Waals surface area contributed by atoms with Crippen molar-refractivity contribution in [2.45, 2.75) is 24.5 Å². The first-order chi connectivity index (χ1) is 12.6. The Labute approximate surface area is 155 Å². The van der Waals surface area contributed by atoms with Gasteiger partial charge in [-0.2, -0.15) is 4.98 Å². The van der Waals surface area contributed by atoms with E-state index < -0.39 is 0 Å². The molecule has 4 heterocycles. The number of nitrogens with one attached hydrogen (secondary N) is 1. The first-order valence-electron chi connectivity index (χ1n) is 8.44. The van der Waals surface area contributed by atoms with Crippen molar-refractivity contribution in [2.75, 3.05) is 38.8 Å². The van der Waals surface area contributed by atoms with Gasteiger partial charge in [0.2, 0.25) is 5.16 Å². The minimum atomic E-state index is 0.352. The summed E-state index contributed by atoms with van der Waals surface area (Å²) in [5, 5.41) is 13.1. The Morgan fingerprint density at radius 3 is 2.88 bits per heavy atom. The molecule has 3 aromatic heterocycles. The number of anilines is 2. The molecule has 1 aliphatic rings. The molecule has 0 aliphatic carbocycles. The van der Waals surface area contributed by atoms with Gasteiger partial charge in [-0.1, -0.05) is 11.8 Å². The third kappa shape index (κ3) is 2.99. The fourth-order valence-electron chi connectivity index (χ4n) is 3.20. The number of hydrogen-bond donors (Lipinski definition) is 1. The molecule has 1 N–H and O–H groups in total. The molecule has 0 bridgehead atoms. The highest BCUT2D eigenvalue weighted by Crippen LogP contribution is 2.31. The minimum absolute atomic E-state index is 0.352. The summed E-state index contributed by atoms with van der Waals surface area (Å²) in [6.07, 6.45) is 6.80. The Morgan fingerprint density at radius 2 is 2.19 bits per heavy atom. The fraction of sp³-hybridized carbons (Fsp3) is 0.500. The molecule has 0 aromatic carbocycles. The van der Waals surface area contributed by atoms with Gasteiger partial charge in [0.1, 0.15) is 5.69 Å². The van der Waals surface area contributed by atoms with Crippen molar-refractivity contribution >= 4 is 28.9 Å². The number of likely N-dealkylation sites (N-methyl/N-ethyl adjacent to an activating group) is 1. The molecule has 0 radical (unpaired) electrons. The van der Waals surface area contributed by atoms with Gasteiger partial charge in [0.25, 0.3) is 5.88 Å². The molecule has 0 saturated carbocycles. The summed E-state index contributed by atoms with van der Waals surface area (Å²) in [5.74, 6) is 1.18. The van der Waals surface area contributed by atoms with Gasteiger partial charge >= 0.3 is 0 Å². The second-order valence-corrected chi connectivity index (χ2v) is 7.22. The Bertz CT molecular complexity index is 936. The SMILES string of the molecule is COc1nn([C@H]2CCN(C)C2)cc1Nc1nc(SC)nn2c(C)cnc12. The van der Waals surface area contributed by atoms with Crippen LogP contribution >= 0.6 is 11.8 Å². The van der Waals surface area contributed by atoms with E-state index in [1.807, 2.05) is 24.1 Å². The van der Waals surface area contributed by atoms with Gasteiger partial charge < -0.3 is 15.0 Å². The number of aryl methyl sites for hydroxylation is 1. The molecule has 26 heavy (non-hydrogen) atoms. The summed E-state index contributed by atoms with van der Waals surface area (Å²) in [4.78, 5) is 11.3. The first kappa shape index (κ1) is 17.1. The molecule has 0 unspecified atom stereocenters. The third-order valence-electron chi connectivity index (χ3n) is 4.58. The predicted molar refractivity (Wildman–Crippen MR) is 101 cm³/mol. The second-order valence-electron chi connectivity index (χ2n) is 6.44. The van der Waals surface area contributed by atoms with E-state index in [9.17, 15) is 0 Å². The van der Waals surface area contributed by atoms with E-state index in [0.717, 1.165) is 30.9 Å². The molecule has 10 heteroatoms. The van der Waals surface area contributed by atoms with Crippen LogP contribution in [0.5, 0.6) is 5.88 Å². The zero-order valence-corrected chi connectivity index (χ0v) is 16.1. The van der Waals surface area contributed by atoms with Crippen LogP contribution in [0.25, 0.3) is 5.65 Å². The van der Waals surface area contributed by atoms with Crippen molar-refractivity contribution in [3.8, 4) is 5.88 Å². The third-order valence-corrected chi connectivity index (χ3v) is 5.12. The van der Waals surface area contributed by atoms with E-state index in [4.69, 9.17) is 4.74 Å². The number of hydrogen-bond acceptors (Lipinski definition) is 8. The Kier molecular flexibility index (Phi) is 4.45. The number of methoxy groups -OCH3 is 1.